The van der Waals surface area contributed by atoms with Gasteiger partial charge in [-0.25, -0.2) is 0 Å². The summed E-state index contributed by atoms with van der Waals surface area (Å²) in [7, 11) is 0. The summed E-state index contributed by atoms with van der Waals surface area (Å²) in [6, 6.07) is 0.194. The second kappa shape index (κ2) is 5.21. The molecule has 2 bridgehead atoms. The van der Waals surface area contributed by atoms with E-state index in [1.54, 1.807) is 0 Å². The number of hydrogen-bond donors (Lipinski definition) is 1. The predicted octanol–water partition coefficient (Wildman–Crippen LogP) is 2.40. The lowest BCUT2D eigenvalue weighted by Gasteiger charge is -2.24. The number of fused-ring (bicyclic) bond motifs is 2. The lowest BCUT2D eigenvalue weighted by molar-refractivity contribution is 0.0518. The van der Waals surface area contributed by atoms with Crippen LogP contribution in [0.2, 0.25) is 0 Å². The van der Waals surface area contributed by atoms with Crippen molar-refractivity contribution in [3.63, 3.8) is 0 Å². The maximum atomic E-state index is 6.31. The Morgan fingerprint density at radius 1 is 1.37 bits per heavy atom. The van der Waals surface area contributed by atoms with Crippen molar-refractivity contribution < 1.29 is 9.26 Å². The molecule has 1 aromatic heterocycles. The zero-order valence-electron chi connectivity index (χ0n) is 11.7. The molecule has 0 spiro atoms. The molecule has 2 aliphatic carbocycles. The van der Waals surface area contributed by atoms with Gasteiger partial charge in [-0.05, 0) is 44.4 Å². The molecular weight excluding hydrogens is 242 g/mol. The minimum absolute atomic E-state index is 0.0580. The van der Waals surface area contributed by atoms with Crippen molar-refractivity contribution in [2.24, 2.45) is 17.6 Å². The number of rotatable bonds is 5. The van der Waals surface area contributed by atoms with Crippen LogP contribution in [-0.2, 0) is 4.74 Å². The fourth-order valence-electron chi connectivity index (χ4n) is 3.79. The van der Waals surface area contributed by atoms with Crippen LogP contribution in [0.15, 0.2) is 4.52 Å². The molecule has 19 heavy (non-hydrogen) atoms. The fourth-order valence-corrected chi connectivity index (χ4v) is 3.79. The fraction of sp³-hybridized carbons (Fsp3) is 0.857. The Labute approximate surface area is 113 Å². The van der Waals surface area contributed by atoms with Crippen LogP contribution in [-0.4, -0.2) is 22.8 Å². The average molecular weight is 265 g/mol. The number of aromatic nitrogens is 2. The highest BCUT2D eigenvalue weighted by Gasteiger charge is 2.49. The summed E-state index contributed by atoms with van der Waals surface area (Å²) in [6.07, 6.45) is 4.54. The Morgan fingerprint density at radius 3 is 2.79 bits per heavy atom. The van der Waals surface area contributed by atoms with Crippen molar-refractivity contribution in [3.05, 3.63) is 11.7 Å². The first kappa shape index (κ1) is 13.1. The van der Waals surface area contributed by atoms with Gasteiger partial charge in [-0.15, -0.1) is 0 Å². The second-order valence-corrected chi connectivity index (χ2v) is 5.78. The molecular formula is C14H23N3O2. The van der Waals surface area contributed by atoms with Crippen molar-refractivity contribution in [1.29, 1.82) is 0 Å². The quantitative estimate of drug-likeness (QED) is 0.884. The molecule has 2 aliphatic rings. The van der Waals surface area contributed by atoms with Crippen LogP contribution in [0.5, 0.6) is 0 Å². The van der Waals surface area contributed by atoms with Crippen LogP contribution in [0.25, 0.3) is 0 Å². The highest BCUT2D eigenvalue weighted by Crippen LogP contribution is 2.51. The third-order valence-corrected chi connectivity index (χ3v) is 4.75. The molecule has 106 valence electrons. The minimum atomic E-state index is -0.0580. The van der Waals surface area contributed by atoms with Crippen molar-refractivity contribution in [2.75, 3.05) is 6.61 Å². The van der Waals surface area contributed by atoms with Gasteiger partial charge in [-0.3, -0.25) is 0 Å². The maximum absolute atomic E-state index is 6.31. The maximum Gasteiger partial charge on any atom is 0.231 e. The average Bonchev–Trinajstić information content (AvgIpc) is 3.10. The lowest BCUT2D eigenvalue weighted by atomic mass is 9.85. The summed E-state index contributed by atoms with van der Waals surface area (Å²) in [5.74, 6) is 2.96. The third kappa shape index (κ3) is 2.19. The summed E-state index contributed by atoms with van der Waals surface area (Å²) in [5, 5.41) is 4.10. The highest BCUT2D eigenvalue weighted by atomic mass is 16.5. The molecule has 0 radical (unpaired) electrons. The topological polar surface area (TPSA) is 74.2 Å². The van der Waals surface area contributed by atoms with Crippen LogP contribution in [0.3, 0.4) is 0 Å². The van der Waals surface area contributed by atoms with Gasteiger partial charge in [-0.1, -0.05) is 12.1 Å². The van der Waals surface area contributed by atoms with E-state index in [0.29, 0.717) is 24.3 Å². The van der Waals surface area contributed by atoms with Crippen molar-refractivity contribution in [3.8, 4) is 0 Å². The van der Waals surface area contributed by atoms with Gasteiger partial charge < -0.3 is 15.0 Å². The molecule has 0 aromatic carbocycles. The largest absolute Gasteiger partial charge is 0.370 e. The summed E-state index contributed by atoms with van der Waals surface area (Å²) in [5.41, 5.74) is 6.31. The number of hydrogen-bond acceptors (Lipinski definition) is 5. The monoisotopic (exact) mass is 265 g/mol. The van der Waals surface area contributed by atoms with Crippen LogP contribution < -0.4 is 5.73 Å². The van der Waals surface area contributed by atoms with Crippen LogP contribution in [0.1, 0.15) is 63.3 Å². The van der Waals surface area contributed by atoms with E-state index >= 15 is 0 Å². The molecule has 0 saturated heterocycles. The molecule has 0 aliphatic heterocycles. The van der Waals surface area contributed by atoms with Crippen LogP contribution in [0, 0.1) is 11.8 Å². The van der Waals surface area contributed by atoms with Gasteiger partial charge in [-0.2, -0.15) is 4.98 Å². The van der Waals surface area contributed by atoms with Gasteiger partial charge in [0.2, 0.25) is 11.7 Å². The molecule has 1 aromatic rings. The van der Waals surface area contributed by atoms with Gasteiger partial charge in [0.15, 0.2) is 0 Å². The normalized spacial score (nSPS) is 34.9. The molecule has 0 amide bonds. The minimum Gasteiger partial charge on any atom is -0.370 e. The van der Waals surface area contributed by atoms with Gasteiger partial charge in [0.25, 0.3) is 0 Å². The Balaban J connectivity index is 1.78. The van der Waals surface area contributed by atoms with E-state index in [4.69, 9.17) is 15.0 Å². The second-order valence-electron chi connectivity index (χ2n) is 5.78. The first-order valence-corrected chi connectivity index (χ1v) is 7.45. The molecule has 5 heteroatoms. The molecule has 2 fully saturated rings. The zero-order chi connectivity index (χ0) is 13.4. The number of nitrogens with two attached hydrogens (primary N) is 1. The van der Waals surface area contributed by atoms with E-state index in [0.717, 1.165) is 12.3 Å². The SMILES string of the molecule is CCOC(CC)c1noc(C2C3CCC(C3)C2N)n1. The summed E-state index contributed by atoms with van der Waals surface area (Å²) < 4.78 is 11.1. The van der Waals surface area contributed by atoms with E-state index in [1.165, 1.54) is 19.3 Å². The zero-order valence-corrected chi connectivity index (χ0v) is 11.7. The van der Waals surface area contributed by atoms with E-state index < -0.39 is 0 Å². The van der Waals surface area contributed by atoms with Crippen molar-refractivity contribution in [1.82, 2.24) is 10.1 Å². The smallest absolute Gasteiger partial charge is 0.231 e. The van der Waals surface area contributed by atoms with Gasteiger partial charge in [0.1, 0.15) is 6.10 Å². The Morgan fingerprint density at radius 2 is 2.16 bits per heavy atom. The molecule has 5 atom stereocenters. The first-order chi connectivity index (χ1) is 9.24. The summed E-state index contributed by atoms with van der Waals surface area (Å²) >= 11 is 0. The summed E-state index contributed by atoms with van der Waals surface area (Å²) in [6.45, 7) is 4.71. The number of ether oxygens (including phenoxy) is 1. The van der Waals surface area contributed by atoms with E-state index in [9.17, 15) is 0 Å². The van der Waals surface area contributed by atoms with Crippen LogP contribution >= 0.6 is 0 Å². The molecule has 5 nitrogen and oxygen atoms in total. The Kier molecular flexibility index (Phi) is 3.58. The van der Waals surface area contributed by atoms with E-state index in [1.807, 2.05) is 6.92 Å². The molecule has 5 unspecified atom stereocenters. The van der Waals surface area contributed by atoms with Crippen molar-refractivity contribution >= 4 is 0 Å². The highest BCUT2D eigenvalue weighted by molar-refractivity contribution is 5.12. The molecule has 2 N–H and O–H groups in total. The number of nitrogens with zero attached hydrogens (tertiary/aromatic N) is 2. The van der Waals surface area contributed by atoms with Crippen LogP contribution in [0.4, 0.5) is 0 Å². The molecule has 2 saturated carbocycles. The predicted molar refractivity (Wildman–Crippen MR) is 70.5 cm³/mol. The Bertz CT molecular complexity index is 432. The first-order valence-electron chi connectivity index (χ1n) is 7.45. The van der Waals surface area contributed by atoms with Gasteiger partial charge in [0.05, 0.1) is 5.92 Å². The third-order valence-electron chi connectivity index (χ3n) is 4.75. The van der Waals surface area contributed by atoms with Crippen molar-refractivity contribution in [2.45, 2.75) is 57.6 Å². The standard InChI is InChI=1S/C14H23N3O2/c1-3-10(18-4-2)13-16-14(19-17-13)11-8-5-6-9(7-8)12(11)15/h8-12H,3-7,15H2,1-2H3. The lowest BCUT2D eigenvalue weighted by Crippen LogP contribution is -2.34. The van der Waals surface area contributed by atoms with Gasteiger partial charge in [0, 0.05) is 12.6 Å². The summed E-state index contributed by atoms with van der Waals surface area (Å²) in [4.78, 5) is 4.57. The molecule has 1 heterocycles. The molecule has 3 rings (SSSR count). The Hall–Kier alpha value is -0.940. The van der Waals surface area contributed by atoms with E-state index in [-0.39, 0.29) is 18.1 Å². The van der Waals surface area contributed by atoms with E-state index in [2.05, 4.69) is 17.1 Å². The van der Waals surface area contributed by atoms with Gasteiger partial charge >= 0.3 is 0 Å².